The lowest BCUT2D eigenvalue weighted by molar-refractivity contribution is -0.139. The van der Waals surface area contributed by atoms with Crippen molar-refractivity contribution in [2.45, 2.75) is 32.1 Å². The molecule has 0 spiro atoms. The Morgan fingerprint density at radius 3 is 2.16 bits per heavy atom. The monoisotopic (exact) mass is 503 g/mol. The highest BCUT2D eigenvalue weighted by molar-refractivity contribution is 6.06. The number of nitrogens with two attached hydrogens (primary N) is 1. The molecule has 0 saturated heterocycles. The summed E-state index contributed by atoms with van der Waals surface area (Å²) in [6, 6.07) is 17.0. The number of rotatable bonds is 9. The third kappa shape index (κ3) is 5.64. The molecule has 0 saturated carbocycles. The summed E-state index contributed by atoms with van der Waals surface area (Å²) in [5, 5.41) is 10.1. The van der Waals surface area contributed by atoms with E-state index >= 15 is 0 Å². The fourth-order valence-electron chi connectivity index (χ4n) is 4.13. The third-order valence-electron chi connectivity index (χ3n) is 5.95. The number of hydrogen-bond donors (Lipinski definition) is 1. The molecule has 1 atom stereocenters. The van der Waals surface area contributed by atoms with Crippen molar-refractivity contribution in [3.05, 3.63) is 88.4 Å². The normalized spacial score (nSPS) is 15.2. The lowest BCUT2D eigenvalue weighted by Gasteiger charge is -2.35. The van der Waals surface area contributed by atoms with Gasteiger partial charge in [-0.05, 0) is 36.2 Å². The number of unbranched alkanes of at least 4 members (excludes halogenated alkanes) is 2. The van der Waals surface area contributed by atoms with Gasteiger partial charge >= 0.3 is 17.9 Å². The smallest absolute Gasteiger partial charge is 0.355 e. The summed E-state index contributed by atoms with van der Waals surface area (Å²) in [6.45, 7) is 2.38. The van der Waals surface area contributed by atoms with Crippen LogP contribution < -0.4 is 10.6 Å². The summed E-state index contributed by atoms with van der Waals surface area (Å²) in [4.78, 5) is 39.8. The van der Waals surface area contributed by atoms with Crippen LogP contribution in [0.1, 0.15) is 48.0 Å². The number of esters is 3. The Morgan fingerprint density at radius 2 is 1.59 bits per heavy atom. The van der Waals surface area contributed by atoms with Gasteiger partial charge in [0.1, 0.15) is 11.5 Å². The van der Waals surface area contributed by atoms with Crippen molar-refractivity contribution in [3.8, 4) is 6.07 Å². The fraction of sp³-hybridized carbons (Fsp3) is 0.286. The van der Waals surface area contributed by atoms with Crippen molar-refractivity contribution >= 4 is 23.6 Å². The zero-order valence-electron chi connectivity index (χ0n) is 21.0. The van der Waals surface area contributed by atoms with Gasteiger partial charge in [0.05, 0.1) is 49.5 Å². The minimum Gasteiger partial charge on any atom is -0.466 e. The van der Waals surface area contributed by atoms with E-state index in [1.807, 2.05) is 0 Å². The third-order valence-corrected chi connectivity index (χ3v) is 5.95. The van der Waals surface area contributed by atoms with E-state index in [1.54, 1.807) is 42.5 Å². The summed E-state index contributed by atoms with van der Waals surface area (Å²) in [5.41, 5.74) is 7.46. The maximum atomic E-state index is 13.1. The van der Waals surface area contributed by atoms with Gasteiger partial charge in [0.2, 0.25) is 0 Å². The van der Waals surface area contributed by atoms with Crippen LogP contribution in [0.4, 0.5) is 5.69 Å². The number of nitriles is 1. The van der Waals surface area contributed by atoms with E-state index in [0.717, 1.165) is 19.3 Å². The second-order valence-electron chi connectivity index (χ2n) is 8.23. The highest BCUT2D eigenvalue weighted by atomic mass is 16.5. The zero-order chi connectivity index (χ0) is 26.9. The van der Waals surface area contributed by atoms with Crippen molar-refractivity contribution in [2.24, 2.45) is 5.73 Å². The van der Waals surface area contributed by atoms with Crippen molar-refractivity contribution in [2.75, 3.05) is 25.7 Å². The topological polar surface area (TPSA) is 132 Å². The number of allylic oxidation sites excluding steroid dienone is 1. The summed E-state index contributed by atoms with van der Waals surface area (Å²) in [6.07, 6.45) is 2.75. The average Bonchev–Trinajstić information content (AvgIpc) is 2.94. The molecule has 0 bridgehead atoms. The number of hydrogen-bond acceptors (Lipinski definition) is 9. The van der Waals surface area contributed by atoms with E-state index in [-0.39, 0.29) is 22.7 Å². The van der Waals surface area contributed by atoms with E-state index < -0.39 is 23.8 Å². The summed E-state index contributed by atoms with van der Waals surface area (Å²) in [7, 11) is 2.36. The molecule has 2 aromatic rings. The molecule has 1 aliphatic rings. The van der Waals surface area contributed by atoms with Gasteiger partial charge in [-0.3, -0.25) is 4.90 Å². The van der Waals surface area contributed by atoms with Gasteiger partial charge in [0.15, 0.2) is 0 Å². The van der Waals surface area contributed by atoms with Crippen LogP contribution in [0.5, 0.6) is 0 Å². The molecule has 3 rings (SSSR count). The zero-order valence-corrected chi connectivity index (χ0v) is 21.0. The number of methoxy groups -OCH3 is 2. The van der Waals surface area contributed by atoms with E-state index in [1.165, 1.54) is 31.3 Å². The summed E-state index contributed by atoms with van der Waals surface area (Å²) < 4.78 is 15.3. The van der Waals surface area contributed by atoms with Crippen LogP contribution in [0.25, 0.3) is 0 Å². The second-order valence-corrected chi connectivity index (χ2v) is 8.23. The lowest BCUT2D eigenvalue weighted by atomic mass is 9.81. The Hall–Kier alpha value is -4.58. The van der Waals surface area contributed by atoms with Crippen LogP contribution >= 0.6 is 0 Å². The minimum atomic E-state index is -0.957. The Labute approximate surface area is 215 Å². The number of ether oxygens (including phenoxy) is 3. The van der Waals surface area contributed by atoms with Gasteiger partial charge in [-0.15, -0.1) is 0 Å². The number of nitrogens with zero attached hydrogens (tertiary/aromatic N) is 2. The predicted octanol–water partition coefficient (Wildman–Crippen LogP) is 3.93. The molecule has 1 aliphatic heterocycles. The second kappa shape index (κ2) is 12.4. The molecule has 192 valence electrons. The molecule has 0 aromatic heterocycles. The van der Waals surface area contributed by atoms with Gasteiger partial charge in [-0.2, -0.15) is 5.26 Å². The standard InChI is InChI=1S/C28H29N3O6/c1-4-5-9-16-37-26(32)19-12-14-20(15-13-19)31-24(28(34)36-3)23(27(33)35-2)22(21(17-29)25(31)30)18-10-7-6-8-11-18/h6-8,10-15,22H,4-5,9,16,30H2,1-3H3. The molecule has 37 heavy (non-hydrogen) atoms. The van der Waals surface area contributed by atoms with E-state index in [9.17, 15) is 19.6 Å². The van der Waals surface area contributed by atoms with E-state index in [0.29, 0.717) is 23.4 Å². The van der Waals surface area contributed by atoms with Crippen molar-refractivity contribution in [1.82, 2.24) is 0 Å². The molecular formula is C28H29N3O6. The SMILES string of the molecule is CCCCCOC(=O)c1ccc(N2C(N)=C(C#N)C(c3ccccc3)C(C(=O)OC)=C2C(=O)OC)cc1. The molecule has 0 fully saturated rings. The molecule has 0 amide bonds. The molecule has 0 aliphatic carbocycles. The Morgan fingerprint density at radius 1 is 0.946 bits per heavy atom. The number of anilines is 1. The maximum absolute atomic E-state index is 13.1. The molecule has 2 aromatic carbocycles. The van der Waals surface area contributed by atoms with Gasteiger partial charge in [-0.1, -0.05) is 50.1 Å². The highest BCUT2D eigenvalue weighted by Gasteiger charge is 2.42. The minimum absolute atomic E-state index is 0.0543. The van der Waals surface area contributed by atoms with E-state index in [4.69, 9.17) is 19.9 Å². The summed E-state index contributed by atoms with van der Waals surface area (Å²) >= 11 is 0. The first kappa shape index (κ1) is 27.0. The van der Waals surface area contributed by atoms with Gasteiger partial charge in [0.25, 0.3) is 0 Å². The van der Waals surface area contributed by atoms with Gasteiger partial charge < -0.3 is 19.9 Å². The molecule has 1 unspecified atom stereocenters. The van der Waals surface area contributed by atoms with Crippen molar-refractivity contribution in [1.29, 1.82) is 5.26 Å². The first-order chi connectivity index (χ1) is 17.9. The molecule has 2 N–H and O–H groups in total. The van der Waals surface area contributed by atoms with Crippen LogP contribution in [0.3, 0.4) is 0 Å². The van der Waals surface area contributed by atoms with Crippen molar-refractivity contribution < 1.29 is 28.6 Å². The van der Waals surface area contributed by atoms with Crippen LogP contribution in [0.15, 0.2) is 77.3 Å². The van der Waals surface area contributed by atoms with Gasteiger partial charge in [0, 0.05) is 5.69 Å². The molecule has 9 heteroatoms. The quantitative estimate of drug-likeness (QED) is 0.307. The number of carbonyl (C=O) groups excluding carboxylic acids is 3. The predicted molar refractivity (Wildman–Crippen MR) is 136 cm³/mol. The Bertz CT molecular complexity index is 1260. The van der Waals surface area contributed by atoms with E-state index in [2.05, 4.69) is 13.0 Å². The fourth-order valence-corrected chi connectivity index (χ4v) is 4.13. The number of benzene rings is 2. The van der Waals surface area contributed by atoms with Crippen LogP contribution in [-0.2, 0) is 23.8 Å². The van der Waals surface area contributed by atoms with Crippen LogP contribution in [0, 0.1) is 11.3 Å². The Balaban J connectivity index is 2.13. The lowest BCUT2D eigenvalue weighted by Crippen LogP contribution is -2.40. The molecule has 0 radical (unpaired) electrons. The molecular weight excluding hydrogens is 474 g/mol. The molecule has 9 nitrogen and oxygen atoms in total. The highest BCUT2D eigenvalue weighted by Crippen LogP contribution is 2.43. The van der Waals surface area contributed by atoms with Crippen LogP contribution in [-0.4, -0.2) is 38.7 Å². The van der Waals surface area contributed by atoms with Gasteiger partial charge in [-0.25, -0.2) is 14.4 Å². The largest absolute Gasteiger partial charge is 0.466 e. The van der Waals surface area contributed by atoms with Crippen molar-refractivity contribution in [3.63, 3.8) is 0 Å². The summed E-state index contributed by atoms with van der Waals surface area (Å²) in [5.74, 6) is -3.15. The average molecular weight is 504 g/mol. The first-order valence-electron chi connectivity index (χ1n) is 11.8. The van der Waals surface area contributed by atoms with Crippen LogP contribution in [0.2, 0.25) is 0 Å². The molecule has 1 heterocycles. The number of carbonyl (C=O) groups is 3. The Kier molecular flexibility index (Phi) is 9.05. The first-order valence-corrected chi connectivity index (χ1v) is 11.8. The maximum Gasteiger partial charge on any atom is 0.355 e.